The molecule has 0 saturated heterocycles. The second-order valence-electron chi connectivity index (χ2n) is 6.39. The number of carbonyl (C=O) groups excluding carboxylic acids is 1. The first-order valence-corrected chi connectivity index (χ1v) is 9.23. The Hall–Kier alpha value is -2.88. The molecule has 2 aromatic heterocycles. The summed E-state index contributed by atoms with van der Waals surface area (Å²) in [7, 11) is 0. The fourth-order valence-electron chi connectivity index (χ4n) is 3.01. The van der Waals surface area contributed by atoms with Crippen molar-refractivity contribution in [3.63, 3.8) is 0 Å². The van der Waals surface area contributed by atoms with Gasteiger partial charge < -0.3 is 9.88 Å². The molecule has 4 heteroatoms. The largest absolute Gasteiger partial charge is 0.353 e. The van der Waals surface area contributed by atoms with E-state index >= 15 is 0 Å². The van der Waals surface area contributed by atoms with Gasteiger partial charge in [0.15, 0.2) is 0 Å². The Morgan fingerprint density at radius 3 is 2.81 bits per heavy atom. The lowest BCUT2D eigenvalue weighted by molar-refractivity contribution is -0.116. The highest BCUT2D eigenvalue weighted by molar-refractivity contribution is 5.91. The van der Waals surface area contributed by atoms with Crippen molar-refractivity contribution < 1.29 is 4.79 Å². The molecule has 0 bridgehead atoms. The standard InChI is InChI=1S/C22H25N3O/c26-22(12-11-19-8-7-14-23-18-19)24-15-5-1-2-6-16-25-17-13-20-9-3-4-10-21(20)25/h3-4,7-14,17-18H,1-2,5-6,15-16H2,(H,24,26)/b12-11+. The topological polar surface area (TPSA) is 46.9 Å². The van der Waals surface area contributed by atoms with Gasteiger partial charge in [0.25, 0.3) is 0 Å². The Morgan fingerprint density at radius 1 is 1.04 bits per heavy atom. The third kappa shape index (κ3) is 5.31. The predicted octanol–water partition coefficient (Wildman–Crippen LogP) is 4.43. The highest BCUT2D eigenvalue weighted by Crippen LogP contribution is 2.16. The average Bonchev–Trinajstić information content (AvgIpc) is 3.10. The third-order valence-corrected chi connectivity index (χ3v) is 4.42. The van der Waals surface area contributed by atoms with E-state index in [0.29, 0.717) is 0 Å². The van der Waals surface area contributed by atoms with Crippen molar-refractivity contribution in [3.05, 3.63) is 72.7 Å². The molecular weight excluding hydrogens is 322 g/mol. The van der Waals surface area contributed by atoms with Gasteiger partial charge in [0.05, 0.1) is 0 Å². The van der Waals surface area contributed by atoms with Crippen LogP contribution in [0.15, 0.2) is 67.1 Å². The summed E-state index contributed by atoms with van der Waals surface area (Å²) in [5.41, 5.74) is 2.24. The van der Waals surface area contributed by atoms with Crippen molar-refractivity contribution >= 4 is 22.9 Å². The minimum Gasteiger partial charge on any atom is -0.353 e. The number of amides is 1. The monoisotopic (exact) mass is 347 g/mol. The Labute approximate surface area is 154 Å². The van der Waals surface area contributed by atoms with Gasteiger partial charge in [-0.1, -0.05) is 37.1 Å². The SMILES string of the molecule is O=C(/C=C/c1cccnc1)NCCCCCCn1ccc2ccccc21. The van der Waals surface area contributed by atoms with E-state index in [4.69, 9.17) is 0 Å². The number of carbonyl (C=O) groups is 1. The molecule has 0 aliphatic carbocycles. The molecule has 1 aromatic carbocycles. The lowest BCUT2D eigenvalue weighted by Gasteiger charge is -2.06. The number of hydrogen-bond donors (Lipinski definition) is 1. The molecule has 0 aliphatic rings. The highest BCUT2D eigenvalue weighted by atomic mass is 16.1. The number of fused-ring (bicyclic) bond motifs is 1. The van der Waals surface area contributed by atoms with Gasteiger partial charge in [0.1, 0.15) is 0 Å². The molecule has 0 aliphatic heterocycles. The van der Waals surface area contributed by atoms with E-state index in [9.17, 15) is 4.79 Å². The number of aryl methyl sites for hydroxylation is 1. The zero-order chi connectivity index (χ0) is 18.0. The van der Waals surface area contributed by atoms with Gasteiger partial charge in [-0.05, 0) is 48.1 Å². The van der Waals surface area contributed by atoms with Crippen LogP contribution >= 0.6 is 0 Å². The highest BCUT2D eigenvalue weighted by Gasteiger charge is 2.00. The molecule has 134 valence electrons. The van der Waals surface area contributed by atoms with Crippen LogP contribution in [-0.2, 0) is 11.3 Å². The molecule has 0 saturated carbocycles. The number of unbranched alkanes of at least 4 members (excludes halogenated alkanes) is 3. The first kappa shape index (κ1) is 17.9. The molecule has 3 aromatic rings. The summed E-state index contributed by atoms with van der Waals surface area (Å²) in [6.07, 6.45) is 13.4. The number of pyridine rings is 1. The van der Waals surface area contributed by atoms with E-state index in [-0.39, 0.29) is 5.91 Å². The number of benzene rings is 1. The summed E-state index contributed by atoms with van der Waals surface area (Å²) in [5.74, 6) is -0.0485. The van der Waals surface area contributed by atoms with Crippen molar-refractivity contribution in [3.8, 4) is 0 Å². The summed E-state index contributed by atoms with van der Waals surface area (Å²) in [4.78, 5) is 15.8. The number of nitrogens with zero attached hydrogens (tertiary/aromatic N) is 2. The minimum atomic E-state index is -0.0485. The summed E-state index contributed by atoms with van der Waals surface area (Å²) in [5, 5.41) is 4.23. The summed E-state index contributed by atoms with van der Waals surface area (Å²) in [6.45, 7) is 1.77. The Kier molecular flexibility index (Phi) is 6.59. The normalized spacial score (nSPS) is 11.2. The van der Waals surface area contributed by atoms with E-state index < -0.39 is 0 Å². The van der Waals surface area contributed by atoms with Crippen LogP contribution in [0.1, 0.15) is 31.2 Å². The summed E-state index contributed by atoms with van der Waals surface area (Å²) < 4.78 is 2.32. The van der Waals surface area contributed by atoms with Gasteiger partial charge in [-0.3, -0.25) is 9.78 Å². The second-order valence-corrected chi connectivity index (χ2v) is 6.39. The van der Waals surface area contributed by atoms with Gasteiger partial charge in [0, 0.05) is 43.3 Å². The lowest BCUT2D eigenvalue weighted by Crippen LogP contribution is -2.21. The number of rotatable bonds is 9. The molecule has 1 amide bonds. The molecule has 0 fully saturated rings. The molecule has 0 radical (unpaired) electrons. The fourth-order valence-corrected chi connectivity index (χ4v) is 3.01. The predicted molar refractivity (Wildman–Crippen MR) is 107 cm³/mol. The maximum Gasteiger partial charge on any atom is 0.243 e. The van der Waals surface area contributed by atoms with E-state index in [2.05, 4.69) is 51.4 Å². The van der Waals surface area contributed by atoms with Crippen molar-refractivity contribution in [2.24, 2.45) is 0 Å². The Morgan fingerprint density at radius 2 is 1.92 bits per heavy atom. The molecular formula is C22H25N3O. The van der Waals surface area contributed by atoms with Crippen LogP contribution in [0.2, 0.25) is 0 Å². The molecule has 0 atom stereocenters. The molecule has 1 N–H and O–H groups in total. The van der Waals surface area contributed by atoms with Gasteiger partial charge in [-0.25, -0.2) is 0 Å². The van der Waals surface area contributed by atoms with E-state index in [1.807, 2.05) is 12.1 Å². The average molecular weight is 347 g/mol. The maximum absolute atomic E-state index is 11.8. The minimum absolute atomic E-state index is 0.0485. The zero-order valence-electron chi connectivity index (χ0n) is 15.0. The zero-order valence-corrected chi connectivity index (χ0v) is 15.0. The van der Waals surface area contributed by atoms with Crippen LogP contribution in [0, 0.1) is 0 Å². The van der Waals surface area contributed by atoms with Crippen LogP contribution in [-0.4, -0.2) is 22.0 Å². The van der Waals surface area contributed by atoms with Crippen molar-refractivity contribution in [2.45, 2.75) is 32.2 Å². The van der Waals surface area contributed by atoms with E-state index in [1.54, 1.807) is 24.5 Å². The molecule has 3 rings (SSSR count). The molecule has 26 heavy (non-hydrogen) atoms. The number of aromatic nitrogens is 2. The summed E-state index contributed by atoms with van der Waals surface area (Å²) >= 11 is 0. The smallest absolute Gasteiger partial charge is 0.243 e. The lowest BCUT2D eigenvalue weighted by atomic mass is 10.2. The fraction of sp³-hybridized carbons (Fsp3) is 0.273. The van der Waals surface area contributed by atoms with Gasteiger partial charge in [-0.15, -0.1) is 0 Å². The van der Waals surface area contributed by atoms with Crippen LogP contribution in [0.3, 0.4) is 0 Å². The second kappa shape index (κ2) is 9.56. The van der Waals surface area contributed by atoms with E-state index in [1.165, 1.54) is 17.3 Å². The van der Waals surface area contributed by atoms with Crippen LogP contribution in [0.5, 0.6) is 0 Å². The van der Waals surface area contributed by atoms with Gasteiger partial charge >= 0.3 is 0 Å². The van der Waals surface area contributed by atoms with Gasteiger partial charge in [0.2, 0.25) is 5.91 Å². The molecule has 0 unspecified atom stereocenters. The van der Waals surface area contributed by atoms with Crippen LogP contribution < -0.4 is 5.32 Å². The van der Waals surface area contributed by atoms with Crippen molar-refractivity contribution in [1.29, 1.82) is 0 Å². The quantitative estimate of drug-likeness (QED) is 0.460. The summed E-state index contributed by atoms with van der Waals surface area (Å²) in [6, 6.07) is 14.4. The third-order valence-electron chi connectivity index (χ3n) is 4.42. The van der Waals surface area contributed by atoms with Gasteiger partial charge in [-0.2, -0.15) is 0 Å². The number of hydrogen-bond acceptors (Lipinski definition) is 2. The molecule has 4 nitrogen and oxygen atoms in total. The first-order chi connectivity index (χ1) is 12.8. The number of para-hydroxylation sites is 1. The van der Waals surface area contributed by atoms with Crippen LogP contribution in [0.25, 0.3) is 17.0 Å². The van der Waals surface area contributed by atoms with E-state index in [0.717, 1.165) is 37.9 Å². The Balaban J connectivity index is 1.28. The van der Waals surface area contributed by atoms with Crippen molar-refractivity contribution in [2.75, 3.05) is 6.54 Å². The maximum atomic E-state index is 11.8. The molecule has 2 heterocycles. The Bertz CT molecular complexity index is 852. The van der Waals surface area contributed by atoms with Crippen molar-refractivity contribution in [1.82, 2.24) is 14.9 Å². The first-order valence-electron chi connectivity index (χ1n) is 9.23. The molecule has 0 spiro atoms. The number of nitrogens with one attached hydrogen (secondary N) is 1. The van der Waals surface area contributed by atoms with Crippen LogP contribution in [0.4, 0.5) is 0 Å².